The molecule has 0 aliphatic carbocycles. The van der Waals surface area contributed by atoms with Crippen LogP contribution < -0.4 is 9.62 Å². The van der Waals surface area contributed by atoms with E-state index in [2.05, 4.69) is 5.32 Å². The third kappa shape index (κ3) is 7.85. The number of carbonyl (C=O) groups excluding carboxylic acids is 3. The molecule has 0 bridgehead atoms. The van der Waals surface area contributed by atoms with Gasteiger partial charge in [0, 0.05) is 49.5 Å². The fourth-order valence-corrected chi connectivity index (χ4v) is 6.92. The average molecular weight is 706 g/mol. The van der Waals surface area contributed by atoms with Crippen LogP contribution in [0.3, 0.4) is 0 Å². The number of nitrogens with one attached hydrogen (secondary N) is 1. The van der Waals surface area contributed by atoms with E-state index in [9.17, 15) is 27.2 Å². The van der Waals surface area contributed by atoms with Crippen molar-refractivity contribution in [3.63, 3.8) is 0 Å². The minimum absolute atomic E-state index is 0.180. The van der Waals surface area contributed by atoms with E-state index in [1.807, 2.05) is 19.1 Å². The number of nitrogens with zero attached hydrogens (tertiary/aromatic N) is 2. The molecular formula is C38H44FN3O7S. The van der Waals surface area contributed by atoms with Crippen molar-refractivity contribution in [3.8, 4) is 11.3 Å². The molecule has 0 unspecified atom stereocenters. The number of carbonyl (C=O) groups is 3. The van der Waals surface area contributed by atoms with Gasteiger partial charge in [-0.1, -0.05) is 31.2 Å². The van der Waals surface area contributed by atoms with Gasteiger partial charge in [-0.05, 0) is 87.6 Å². The van der Waals surface area contributed by atoms with Gasteiger partial charge in [-0.2, -0.15) is 0 Å². The van der Waals surface area contributed by atoms with E-state index >= 15 is 0 Å². The van der Waals surface area contributed by atoms with Gasteiger partial charge in [0.1, 0.15) is 28.8 Å². The summed E-state index contributed by atoms with van der Waals surface area (Å²) in [5.74, 6) is -1.00. The minimum atomic E-state index is -3.74. The van der Waals surface area contributed by atoms with Gasteiger partial charge in [0.05, 0.1) is 17.5 Å². The second-order valence-corrected chi connectivity index (χ2v) is 15.8. The van der Waals surface area contributed by atoms with Gasteiger partial charge in [0.25, 0.3) is 0 Å². The van der Waals surface area contributed by atoms with Crippen LogP contribution in [0.1, 0.15) is 86.0 Å². The Labute approximate surface area is 292 Å². The van der Waals surface area contributed by atoms with Crippen molar-refractivity contribution in [2.45, 2.75) is 71.4 Å². The molecule has 12 heteroatoms. The number of piperidine rings is 1. The summed E-state index contributed by atoms with van der Waals surface area (Å²) < 4.78 is 52.6. The minimum Gasteiger partial charge on any atom is -0.455 e. The molecule has 0 spiro atoms. The molecule has 1 aliphatic rings. The first kappa shape index (κ1) is 36.6. The first-order valence-electron chi connectivity index (χ1n) is 16.7. The molecule has 1 aromatic heterocycles. The molecule has 1 aliphatic heterocycles. The largest absolute Gasteiger partial charge is 0.455 e. The van der Waals surface area contributed by atoms with E-state index in [1.165, 1.54) is 35.6 Å². The van der Waals surface area contributed by atoms with Crippen molar-refractivity contribution >= 4 is 44.5 Å². The first-order chi connectivity index (χ1) is 23.5. The molecule has 266 valence electrons. The van der Waals surface area contributed by atoms with E-state index in [-0.39, 0.29) is 36.3 Å². The highest BCUT2D eigenvalue weighted by atomic mass is 32.2. The fourth-order valence-electron chi connectivity index (χ4n) is 6.41. The van der Waals surface area contributed by atoms with Crippen LogP contribution in [0, 0.1) is 12.7 Å². The number of alkyl carbamates (subject to hydrolysis) is 1. The van der Waals surface area contributed by atoms with Crippen LogP contribution >= 0.6 is 0 Å². The standard InChI is InChI=1S/C38H44FN3O7S/c1-8-31(43)33-29-20-28(30(41(6)50(7,46)47)21-32(29)48-35(33)24-15-17-26(39)18-16-24)25-13-11-19-42(22-25)36(44)34(27-14-10-9-12-23(27)2)40-37(45)49-38(3,4)5/h9-10,12,14-18,20-21,25,34H,8,11,13,19,22H2,1-7H3,(H,40,45)/t25-,34-/m1/s1. The summed E-state index contributed by atoms with van der Waals surface area (Å²) in [4.78, 5) is 42.4. The molecule has 10 nitrogen and oxygen atoms in total. The molecule has 2 heterocycles. The number of sulfonamides is 1. The van der Waals surface area contributed by atoms with Crippen LogP contribution in [0.25, 0.3) is 22.3 Å². The van der Waals surface area contributed by atoms with Crippen molar-refractivity contribution < 1.29 is 36.3 Å². The molecular weight excluding hydrogens is 661 g/mol. The van der Waals surface area contributed by atoms with Crippen LogP contribution in [0.4, 0.5) is 14.9 Å². The smallest absolute Gasteiger partial charge is 0.408 e. The second kappa shape index (κ2) is 14.3. The Kier molecular flexibility index (Phi) is 10.4. The number of Topliss-reactive ketones (excluding diaryl/α,β-unsaturated/α-hetero) is 1. The molecule has 2 atom stereocenters. The normalized spacial score (nSPS) is 15.8. The number of ketones is 1. The highest BCUT2D eigenvalue weighted by Crippen LogP contribution is 2.42. The van der Waals surface area contributed by atoms with Gasteiger partial charge in [-0.15, -0.1) is 0 Å². The number of anilines is 1. The summed E-state index contributed by atoms with van der Waals surface area (Å²) in [5, 5.41) is 3.30. The number of amides is 2. The molecule has 2 amide bonds. The van der Waals surface area contributed by atoms with Crippen molar-refractivity contribution in [1.82, 2.24) is 10.2 Å². The Morgan fingerprint density at radius 3 is 2.40 bits per heavy atom. The number of fused-ring (bicyclic) bond motifs is 1. The lowest BCUT2D eigenvalue weighted by Crippen LogP contribution is -2.47. The fraction of sp³-hybridized carbons (Fsp3) is 0.395. The number of hydrogen-bond donors (Lipinski definition) is 1. The zero-order valence-electron chi connectivity index (χ0n) is 29.5. The van der Waals surface area contributed by atoms with Gasteiger partial charge in [0.15, 0.2) is 5.78 Å². The lowest BCUT2D eigenvalue weighted by Gasteiger charge is -2.37. The monoisotopic (exact) mass is 705 g/mol. The first-order valence-corrected chi connectivity index (χ1v) is 18.5. The van der Waals surface area contributed by atoms with Crippen molar-refractivity contribution in [2.75, 3.05) is 30.7 Å². The number of ether oxygens (including phenoxy) is 1. The maximum Gasteiger partial charge on any atom is 0.408 e. The van der Waals surface area contributed by atoms with Gasteiger partial charge < -0.3 is 19.4 Å². The molecule has 0 saturated carbocycles. The number of hydrogen-bond acceptors (Lipinski definition) is 7. The number of aryl methyl sites for hydroxylation is 1. The number of halogens is 1. The van der Waals surface area contributed by atoms with Crippen molar-refractivity contribution in [1.29, 1.82) is 0 Å². The number of rotatable bonds is 9. The summed E-state index contributed by atoms with van der Waals surface area (Å²) in [6, 6.07) is 15.4. The van der Waals surface area contributed by atoms with E-state index in [0.29, 0.717) is 58.3 Å². The van der Waals surface area contributed by atoms with Crippen LogP contribution in [-0.4, -0.2) is 63.1 Å². The third-order valence-electron chi connectivity index (χ3n) is 8.96. The molecule has 1 N–H and O–H groups in total. The molecule has 3 aromatic carbocycles. The Balaban J connectivity index is 1.60. The average Bonchev–Trinajstić information content (AvgIpc) is 3.43. The summed E-state index contributed by atoms with van der Waals surface area (Å²) in [6.07, 6.45) is 1.80. The number of furan rings is 1. The van der Waals surface area contributed by atoms with Gasteiger partial charge in [-0.25, -0.2) is 17.6 Å². The van der Waals surface area contributed by atoms with Gasteiger partial charge in [-0.3, -0.25) is 13.9 Å². The summed E-state index contributed by atoms with van der Waals surface area (Å²) in [7, 11) is -2.29. The highest BCUT2D eigenvalue weighted by molar-refractivity contribution is 7.92. The third-order valence-corrected chi connectivity index (χ3v) is 10.2. The van der Waals surface area contributed by atoms with Gasteiger partial charge >= 0.3 is 6.09 Å². The topological polar surface area (TPSA) is 126 Å². The lowest BCUT2D eigenvalue weighted by molar-refractivity contribution is -0.135. The Hall–Kier alpha value is -4.71. The Morgan fingerprint density at radius 1 is 1.10 bits per heavy atom. The quantitative estimate of drug-likeness (QED) is 0.179. The molecule has 0 radical (unpaired) electrons. The van der Waals surface area contributed by atoms with E-state index < -0.39 is 33.6 Å². The van der Waals surface area contributed by atoms with Gasteiger partial charge in [0.2, 0.25) is 15.9 Å². The SMILES string of the molecule is CCC(=O)c1c(-c2ccc(F)cc2)oc2cc(N(C)S(C)(=O)=O)c([C@@H]3CCCN(C(=O)[C@H](NC(=O)OC(C)(C)C)c4ccccc4C)C3)cc12. The molecule has 50 heavy (non-hydrogen) atoms. The zero-order chi connectivity index (χ0) is 36.5. The maximum absolute atomic E-state index is 14.3. The van der Waals surface area contributed by atoms with E-state index in [1.54, 1.807) is 56.9 Å². The zero-order valence-corrected chi connectivity index (χ0v) is 30.3. The van der Waals surface area contributed by atoms with Crippen LogP contribution in [0.15, 0.2) is 65.1 Å². The Morgan fingerprint density at radius 2 is 1.78 bits per heavy atom. The van der Waals surface area contributed by atoms with Crippen LogP contribution in [-0.2, 0) is 19.6 Å². The summed E-state index contributed by atoms with van der Waals surface area (Å²) in [5.41, 5.74) is 2.81. The molecule has 1 fully saturated rings. The predicted octanol–water partition coefficient (Wildman–Crippen LogP) is 7.51. The Bertz CT molecular complexity index is 2030. The molecule has 5 rings (SSSR count). The summed E-state index contributed by atoms with van der Waals surface area (Å²) >= 11 is 0. The van der Waals surface area contributed by atoms with E-state index in [4.69, 9.17) is 9.15 Å². The van der Waals surface area contributed by atoms with E-state index in [0.717, 1.165) is 11.8 Å². The molecule has 4 aromatic rings. The lowest BCUT2D eigenvalue weighted by atomic mass is 9.87. The second-order valence-electron chi connectivity index (χ2n) is 13.8. The van der Waals surface area contributed by atoms with Crippen molar-refractivity contribution in [2.24, 2.45) is 0 Å². The van der Waals surface area contributed by atoms with Crippen molar-refractivity contribution in [3.05, 3.63) is 88.7 Å². The highest BCUT2D eigenvalue weighted by Gasteiger charge is 2.35. The van der Waals surface area contributed by atoms with Crippen LogP contribution in [0.2, 0.25) is 0 Å². The predicted molar refractivity (Wildman–Crippen MR) is 191 cm³/mol. The van der Waals surface area contributed by atoms with Crippen LogP contribution in [0.5, 0.6) is 0 Å². The summed E-state index contributed by atoms with van der Waals surface area (Å²) in [6.45, 7) is 9.50. The molecule has 1 saturated heterocycles. The number of benzene rings is 3. The number of likely N-dealkylation sites (tertiary alicyclic amines) is 1. The maximum atomic E-state index is 14.3.